The number of unbranched alkanes of at least 4 members (excludes halogenated alkanes) is 3. The Bertz CT molecular complexity index is 669. The van der Waals surface area contributed by atoms with E-state index in [0.717, 1.165) is 18.7 Å². The predicted molar refractivity (Wildman–Crippen MR) is 105 cm³/mol. The van der Waals surface area contributed by atoms with Crippen LogP contribution in [0.4, 0.5) is 4.79 Å². The maximum absolute atomic E-state index is 12.4. The molecule has 4 heteroatoms. The zero-order valence-corrected chi connectivity index (χ0v) is 15.6. The fraction of sp³-hybridized carbons (Fsp3) is 0.381. The van der Waals surface area contributed by atoms with Crippen molar-refractivity contribution in [3.05, 3.63) is 65.2 Å². The number of nitrogens with one attached hydrogen (secondary N) is 2. The molecule has 0 aliphatic carbocycles. The van der Waals surface area contributed by atoms with E-state index in [4.69, 9.17) is 0 Å². The van der Waals surface area contributed by atoms with E-state index in [1.807, 2.05) is 17.8 Å². The van der Waals surface area contributed by atoms with Gasteiger partial charge in [-0.05, 0) is 29.2 Å². The number of benzene rings is 2. The van der Waals surface area contributed by atoms with E-state index < -0.39 is 0 Å². The Hall–Kier alpha value is -1.94. The summed E-state index contributed by atoms with van der Waals surface area (Å²) in [5, 5.41) is 6.21. The summed E-state index contributed by atoms with van der Waals surface area (Å²) in [6, 6.07) is 16.6. The van der Waals surface area contributed by atoms with E-state index >= 15 is 0 Å². The number of urea groups is 1. The van der Waals surface area contributed by atoms with E-state index in [1.165, 1.54) is 40.8 Å². The van der Waals surface area contributed by atoms with Gasteiger partial charge < -0.3 is 10.6 Å². The van der Waals surface area contributed by atoms with E-state index in [1.54, 1.807) is 0 Å². The number of amides is 2. The van der Waals surface area contributed by atoms with Gasteiger partial charge in [0, 0.05) is 17.2 Å². The highest BCUT2D eigenvalue weighted by Crippen LogP contribution is 2.39. The van der Waals surface area contributed by atoms with Crippen LogP contribution < -0.4 is 10.6 Å². The molecule has 132 valence electrons. The Kier molecular flexibility index (Phi) is 6.40. The Morgan fingerprint density at radius 2 is 1.80 bits per heavy atom. The monoisotopic (exact) mass is 354 g/mol. The predicted octanol–water partition coefficient (Wildman–Crippen LogP) is 5.26. The molecule has 1 atom stereocenters. The van der Waals surface area contributed by atoms with Crippen LogP contribution in [0, 0.1) is 0 Å². The molecule has 0 saturated heterocycles. The molecule has 0 aromatic heterocycles. The maximum Gasteiger partial charge on any atom is 0.315 e. The fourth-order valence-corrected chi connectivity index (χ4v) is 4.31. The first-order valence-electron chi connectivity index (χ1n) is 9.13. The molecule has 0 bridgehead atoms. The molecule has 1 heterocycles. The van der Waals surface area contributed by atoms with Crippen molar-refractivity contribution in [2.24, 2.45) is 0 Å². The van der Waals surface area contributed by atoms with Gasteiger partial charge in [0.15, 0.2) is 0 Å². The summed E-state index contributed by atoms with van der Waals surface area (Å²) in [4.78, 5) is 13.7. The summed E-state index contributed by atoms with van der Waals surface area (Å²) in [5.74, 6) is 0.935. The molecule has 1 aliphatic rings. The minimum Gasteiger partial charge on any atom is -0.338 e. The molecule has 0 saturated carbocycles. The third kappa shape index (κ3) is 4.57. The largest absolute Gasteiger partial charge is 0.338 e. The van der Waals surface area contributed by atoms with Crippen molar-refractivity contribution in [3.8, 4) is 0 Å². The summed E-state index contributed by atoms with van der Waals surface area (Å²) in [6.07, 6.45) is 4.64. The zero-order chi connectivity index (χ0) is 17.5. The molecule has 3 nitrogen and oxygen atoms in total. The van der Waals surface area contributed by atoms with Crippen molar-refractivity contribution < 1.29 is 4.79 Å². The highest BCUT2D eigenvalue weighted by Gasteiger charge is 2.24. The minimum atomic E-state index is -0.0990. The molecular formula is C21H26N2OS. The number of hydrogen-bond acceptors (Lipinski definition) is 2. The van der Waals surface area contributed by atoms with E-state index in [-0.39, 0.29) is 12.1 Å². The van der Waals surface area contributed by atoms with Gasteiger partial charge >= 0.3 is 6.03 Å². The van der Waals surface area contributed by atoms with Crippen LogP contribution in [-0.4, -0.2) is 12.6 Å². The second-order valence-corrected chi connectivity index (χ2v) is 7.44. The average Bonchev–Trinajstić information content (AvgIpc) is 2.79. The zero-order valence-electron chi connectivity index (χ0n) is 14.8. The number of thioether (sulfide) groups is 1. The minimum absolute atomic E-state index is 0.0852. The van der Waals surface area contributed by atoms with Gasteiger partial charge in [0.1, 0.15) is 0 Å². The summed E-state index contributed by atoms with van der Waals surface area (Å²) >= 11 is 1.84. The van der Waals surface area contributed by atoms with Gasteiger partial charge in [0.05, 0.1) is 6.04 Å². The van der Waals surface area contributed by atoms with Crippen LogP contribution in [0.5, 0.6) is 0 Å². The molecule has 2 aromatic carbocycles. The lowest BCUT2D eigenvalue weighted by atomic mass is 9.95. The Balaban J connectivity index is 1.74. The molecular weight excluding hydrogens is 328 g/mol. The lowest BCUT2D eigenvalue weighted by Crippen LogP contribution is -2.39. The third-order valence-corrected chi connectivity index (χ3v) is 5.71. The number of hydrogen-bond donors (Lipinski definition) is 2. The van der Waals surface area contributed by atoms with Crippen molar-refractivity contribution in [2.75, 3.05) is 6.54 Å². The first-order valence-corrected chi connectivity index (χ1v) is 10.1. The van der Waals surface area contributed by atoms with Crippen molar-refractivity contribution in [2.45, 2.75) is 49.3 Å². The van der Waals surface area contributed by atoms with Gasteiger partial charge in [-0.3, -0.25) is 0 Å². The highest BCUT2D eigenvalue weighted by atomic mass is 32.2. The average molecular weight is 355 g/mol. The Morgan fingerprint density at radius 3 is 2.64 bits per heavy atom. The number of carbonyl (C=O) groups excluding carboxylic acids is 1. The lowest BCUT2D eigenvalue weighted by molar-refractivity contribution is 0.238. The second-order valence-electron chi connectivity index (χ2n) is 6.42. The van der Waals surface area contributed by atoms with Gasteiger partial charge in [-0.1, -0.05) is 68.7 Å². The number of rotatable bonds is 6. The molecule has 0 radical (unpaired) electrons. The summed E-state index contributed by atoms with van der Waals surface area (Å²) in [6.45, 7) is 2.93. The first-order chi connectivity index (χ1) is 12.3. The standard InChI is InChI=1S/C21H26N2OS/c1-2-3-4-9-14-22-21(24)23-20-17-11-6-5-10-16(17)15-25-19-13-8-7-12-18(19)20/h5-8,10-13,20H,2-4,9,14-15H2,1H3,(H2,22,23,24)/t20-/m1/s1. The van der Waals surface area contributed by atoms with Gasteiger partial charge in [0.25, 0.3) is 0 Å². The van der Waals surface area contributed by atoms with Crippen molar-refractivity contribution >= 4 is 17.8 Å². The molecule has 0 spiro atoms. The lowest BCUT2D eigenvalue weighted by Gasteiger charge is -2.21. The summed E-state index contributed by atoms with van der Waals surface area (Å²) < 4.78 is 0. The van der Waals surface area contributed by atoms with E-state index in [0.29, 0.717) is 0 Å². The van der Waals surface area contributed by atoms with Gasteiger partial charge in [-0.2, -0.15) is 0 Å². The van der Waals surface area contributed by atoms with Crippen LogP contribution in [0.1, 0.15) is 55.3 Å². The second kappa shape index (κ2) is 8.95. The van der Waals surface area contributed by atoms with Crippen molar-refractivity contribution in [1.29, 1.82) is 0 Å². The van der Waals surface area contributed by atoms with Gasteiger partial charge in [-0.15, -0.1) is 11.8 Å². The normalized spacial score (nSPS) is 15.6. The molecule has 25 heavy (non-hydrogen) atoms. The summed E-state index contributed by atoms with van der Waals surface area (Å²) in [5.41, 5.74) is 3.66. The van der Waals surface area contributed by atoms with Crippen LogP contribution in [0.15, 0.2) is 53.4 Å². The Morgan fingerprint density at radius 1 is 1.04 bits per heavy atom. The molecule has 3 rings (SSSR count). The van der Waals surface area contributed by atoms with Crippen molar-refractivity contribution in [3.63, 3.8) is 0 Å². The van der Waals surface area contributed by atoms with Crippen LogP contribution in [0.25, 0.3) is 0 Å². The molecule has 1 aliphatic heterocycles. The molecule has 2 aromatic rings. The smallest absolute Gasteiger partial charge is 0.315 e. The van der Waals surface area contributed by atoms with Gasteiger partial charge in [-0.25, -0.2) is 4.79 Å². The van der Waals surface area contributed by atoms with Crippen LogP contribution >= 0.6 is 11.8 Å². The molecule has 2 amide bonds. The number of carbonyl (C=O) groups is 1. The van der Waals surface area contributed by atoms with Crippen LogP contribution in [0.2, 0.25) is 0 Å². The molecule has 0 unspecified atom stereocenters. The van der Waals surface area contributed by atoms with E-state index in [2.05, 4.69) is 60.0 Å². The van der Waals surface area contributed by atoms with Crippen LogP contribution in [0.3, 0.4) is 0 Å². The third-order valence-electron chi connectivity index (χ3n) is 4.57. The van der Waals surface area contributed by atoms with Crippen LogP contribution in [-0.2, 0) is 5.75 Å². The highest BCUT2D eigenvalue weighted by molar-refractivity contribution is 7.98. The van der Waals surface area contributed by atoms with Crippen molar-refractivity contribution in [1.82, 2.24) is 10.6 Å². The van der Waals surface area contributed by atoms with Gasteiger partial charge in [0.2, 0.25) is 0 Å². The topological polar surface area (TPSA) is 41.1 Å². The van der Waals surface area contributed by atoms with E-state index in [9.17, 15) is 4.79 Å². The Labute approximate surface area is 154 Å². The quantitative estimate of drug-likeness (QED) is 0.695. The molecule has 0 fully saturated rings. The summed E-state index contributed by atoms with van der Waals surface area (Å²) in [7, 11) is 0. The first kappa shape index (κ1) is 17.9. The molecule has 2 N–H and O–H groups in total. The fourth-order valence-electron chi connectivity index (χ4n) is 3.21. The maximum atomic E-state index is 12.4. The number of fused-ring (bicyclic) bond motifs is 2. The SMILES string of the molecule is CCCCCCNC(=O)N[C@@H]1c2ccccc2CSc2ccccc21.